The minimum absolute atomic E-state index is 0.0171. The molecule has 0 amide bonds. The van der Waals surface area contributed by atoms with E-state index in [1.54, 1.807) is 0 Å². The molecule has 1 radical (unpaired) electrons. The Hall–Kier alpha value is -0.643. The van der Waals surface area contributed by atoms with E-state index in [0.717, 1.165) is 0 Å². The first-order valence-electron chi connectivity index (χ1n) is 11.4. The summed E-state index contributed by atoms with van der Waals surface area (Å²) in [6, 6.07) is 7.24. The number of aliphatic hydroxyl groups is 1. The highest BCUT2D eigenvalue weighted by atomic mass is 28.3. The van der Waals surface area contributed by atoms with Gasteiger partial charge in [0.1, 0.15) is 0 Å². The first kappa shape index (κ1) is 23.0. The topological polar surface area (TPSA) is 29.5 Å². The SMILES string of the molecule is C[Si](C)OC(C1C(CO)C1(C)c1ccc2c(c1)C(C)(C)CCC2(C)C)C(C)(C)C. The van der Waals surface area contributed by atoms with Gasteiger partial charge in [-0.2, -0.15) is 0 Å². The predicted molar refractivity (Wildman–Crippen MR) is 125 cm³/mol. The molecular formula is C26H43O2Si. The molecular weight excluding hydrogens is 372 g/mol. The van der Waals surface area contributed by atoms with Gasteiger partial charge in [-0.05, 0) is 70.7 Å². The van der Waals surface area contributed by atoms with Crippen LogP contribution in [-0.2, 0) is 20.7 Å². The van der Waals surface area contributed by atoms with Crippen LogP contribution in [0.15, 0.2) is 18.2 Å². The monoisotopic (exact) mass is 415 g/mol. The predicted octanol–water partition coefficient (Wildman–Crippen LogP) is 6.21. The van der Waals surface area contributed by atoms with Gasteiger partial charge < -0.3 is 9.53 Å². The van der Waals surface area contributed by atoms with Gasteiger partial charge in [-0.3, -0.25) is 0 Å². The number of rotatable bonds is 5. The summed E-state index contributed by atoms with van der Waals surface area (Å²) in [4.78, 5) is 0. The molecule has 2 nitrogen and oxygen atoms in total. The number of fused-ring (bicyclic) bond motifs is 1. The highest BCUT2D eigenvalue weighted by molar-refractivity contribution is 6.48. The Bertz CT molecular complexity index is 758. The second kappa shape index (κ2) is 7.21. The van der Waals surface area contributed by atoms with Gasteiger partial charge >= 0.3 is 0 Å². The largest absolute Gasteiger partial charge is 0.413 e. The molecule has 0 spiro atoms. The Kier molecular flexibility index (Phi) is 5.72. The summed E-state index contributed by atoms with van der Waals surface area (Å²) < 4.78 is 6.57. The molecule has 1 N–H and O–H groups in total. The zero-order chi connectivity index (χ0) is 22.0. The van der Waals surface area contributed by atoms with Crippen molar-refractivity contribution in [2.24, 2.45) is 17.3 Å². The summed E-state index contributed by atoms with van der Waals surface area (Å²) >= 11 is 0. The van der Waals surface area contributed by atoms with Gasteiger partial charge in [0, 0.05) is 12.0 Å². The average molecular weight is 416 g/mol. The van der Waals surface area contributed by atoms with Crippen molar-refractivity contribution in [2.45, 2.75) is 104 Å². The van der Waals surface area contributed by atoms with Gasteiger partial charge in [-0.15, -0.1) is 0 Å². The summed E-state index contributed by atoms with van der Waals surface area (Å²) in [5.41, 5.74) is 4.91. The number of benzene rings is 1. The molecule has 1 saturated carbocycles. The fourth-order valence-corrected chi connectivity index (χ4v) is 6.85. The van der Waals surface area contributed by atoms with Crippen LogP contribution in [0, 0.1) is 17.3 Å². The standard InChI is InChI=1S/C26H43O2Si/c1-23(2,3)22(28-29(9)10)21-20(16-27)26(21,8)17-11-12-18-19(15-17)25(6,7)14-13-24(18,4)5/h11-12,15,20-22,27H,13-14,16H2,1-10H3. The maximum Gasteiger partial charge on any atom is 0.205 e. The lowest BCUT2D eigenvalue weighted by molar-refractivity contribution is 0.0539. The van der Waals surface area contributed by atoms with Crippen LogP contribution in [0.1, 0.15) is 84.9 Å². The molecule has 1 aromatic rings. The van der Waals surface area contributed by atoms with Crippen LogP contribution < -0.4 is 0 Å². The maximum atomic E-state index is 10.3. The van der Waals surface area contributed by atoms with E-state index < -0.39 is 9.04 Å². The summed E-state index contributed by atoms with van der Waals surface area (Å²) in [6.07, 6.45) is 2.64. The molecule has 4 unspecified atom stereocenters. The van der Waals surface area contributed by atoms with E-state index in [-0.39, 0.29) is 40.3 Å². The van der Waals surface area contributed by atoms with Crippen molar-refractivity contribution < 1.29 is 9.53 Å². The van der Waals surface area contributed by atoms with E-state index in [1.165, 1.54) is 29.5 Å². The molecule has 163 valence electrons. The Morgan fingerprint density at radius 2 is 1.59 bits per heavy atom. The van der Waals surface area contributed by atoms with Crippen molar-refractivity contribution in [2.75, 3.05) is 6.61 Å². The van der Waals surface area contributed by atoms with Crippen molar-refractivity contribution in [1.82, 2.24) is 0 Å². The average Bonchev–Trinajstić information content (AvgIpc) is 3.21. The fraction of sp³-hybridized carbons (Fsp3) is 0.769. The highest BCUT2D eigenvalue weighted by Gasteiger charge is 2.66. The molecule has 0 aromatic heterocycles. The number of aliphatic hydroxyl groups excluding tert-OH is 1. The minimum atomic E-state index is -0.812. The van der Waals surface area contributed by atoms with Crippen LogP contribution in [0.25, 0.3) is 0 Å². The first-order chi connectivity index (χ1) is 13.2. The summed E-state index contributed by atoms with van der Waals surface area (Å²) in [5, 5.41) is 10.3. The lowest BCUT2D eigenvalue weighted by Crippen LogP contribution is -2.37. The molecule has 0 heterocycles. The molecule has 1 fully saturated rings. The second-order valence-electron chi connectivity index (χ2n) is 12.4. The Labute approximate surface area is 181 Å². The quantitative estimate of drug-likeness (QED) is 0.579. The van der Waals surface area contributed by atoms with E-state index in [0.29, 0.717) is 5.92 Å². The Morgan fingerprint density at radius 1 is 1.03 bits per heavy atom. The molecule has 0 saturated heterocycles. The third-order valence-electron chi connectivity index (χ3n) is 8.00. The van der Waals surface area contributed by atoms with Crippen molar-refractivity contribution in [3.63, 3.8) is 0 Å². The van der Waals surface area contributed by atoms with Crippen LogP contribution in [0.4, 0.5) is 0 Å². The van der Waals surface area contributed by atoms with Gasteiger partial charge in [0.05, 0.1) is 6.10 Å². The summed E-state index contributed by atoms with van der Waals surface area (Å²) in [5.74, 6) is 0.635. The zero-order valence-electron chi connectivity index (χ0n) is 20.4. The lowest BCUT2D eigenvalue weighted by Gasteiger charge is -2.42. The van der Waals surface area contributed by atoms with Crippen LogP contribution in [0.5, 0.6) is 0 Å². The third kappa shape index (κ3) is 3.88. The van der Waals surface area contributed by atoms with Gasteiger partial charge in [0.15, 0.2) is 0 Å². The van der Waals surface area contributed by atoms with E-state index >= 15 is 0 Å². The first-order valence-corrected chi connectivity index (χ1v) is 13.8. The van der Waals surface area contributed by atoms with E-state index in [4.69, 9.17) is 4.43 Å². The zero-order valence-corrected chi connectivity index (χ0v) is 21.4. The lowest BCUT2D eigenvalue weighted by atomic mass is 9.62. The Morgan fingerprint density at radius 3 is 2.07 bits per heavy atom. The van der Waals surface area contributed by atoms with E-state index in [2.05, 4.69) is 86.7 Å². The van der Waals surface area contributed by atoms with E-state index in [9.17, 15) is 5.11 Å². The molecule has 3 rings (SSSR count). The molecule has 1 aromatic carbocycles. The smallest absolute Gasteiger partial charge is 0.205 e. The van der Waals surface area contributed by atoms with Crippen LogP contribution in [0.2, 0.25) is 13.1 Å². The van der Waals surface area contributed by atoms with Crippen molar-refractivity contribution in [3.8, 4) is 0 Å². The highest BCUT2D eigenvalue weighted by Crippen LogP contribution is 2.64. The third-order valence-corrected chi connectivity index (χ3v) is 8.73. The van der Waals surface area contributed by atoms with Gasteiger partial charge in [-0.25, -0.2) is 0 Å². The fourth-order valence-electron chi connectivity index (χ4n) is 5.84. The van der Waals surface area contributed by atoms with Crippen molar-refractivity contribution in [3.05, 3.63) is 34.9 Å². The normalized spacial score (nSPS) is 31.4. The molecule has 0 aliphatic heterocycles. The van der Waals surface area contributed by atoms with Crippen LogP contribution in [0.3, 0.4) is 0 Å². The summed E-state index contributed by atoms with van der Waals surface area (Å²) in [6.45, 7) is 23.5. The van der Waals surface area contributed by atoms with Crippen molar-refractivity contribution >= 4 is 9.04 Å². The Balaban J connectivity index is 2.06. The molecule has 2 aliphatic rings. The van der Waals surface area contributed by atoms with Gasteiger partial charge in [0.2, 0.25) is 9.04 Å². The maximum absolute atomic E-state index is 10.3. The molecule has 0 bridgehead atoms. The summed E-state index contributed by atoms with van der Waals surface area (Å²) in [7, 11) is -0.812. The molecule has 2 aliphatic carbocycles. The number of hydrogen-bond acceptors (Lipinski definition) is 2. The minimum Gasteiger partial charge on any atom is -0.413 e. The molecule has 4 atom stereocenters. The number of hydrogen-bond donors (Lipinski definition) is 1. The van der Waals surface area contributed by atoms with E-state index in [1.807, 2.05) is 0 Å². The van der Waals surface area contributed by atoms with Gasteiger partial charge in [-0.1, -0.05) is 73.6 Å². The van der Waals surface area contributed by atoms with Crippen molar-refractivity contribution in [1.29, 1.82) is 0 Å². The van der Waals surface area contributed by atoms with Crippen LogP contribution in [-0.4, -0.2) is 26.9 Å². The van der Waals surface area contributed by atoms with Gasteiger partial charge in [0.25, 0.3) is 0 Å². The molecule has 3 heteroatoms. The second-order valence-corrected chi connectivity index (χ2v) is 14.5. The van der Waals surface area contributed by atoms with Crippen LogP contribution >= 0.6 is 0 Å². The molecule has 29 heavy (non-hydrogen) atoms.